The molecule has 1 aromatic rings. The second-order valence-corrected chi connectivity index (χ2v) is 9.44. The first-order valence-electron chi connectivity index (χ1n) is 11.4. The summed E-state index contributed by atoms with van der Waals surface area (Å²) in [5, 5.41) is 0. The maximum absolute atomic E-state index is 13.2. The van der Waals surface area contributed by atoms with Gasteiger partial charge in [-0.05, 0) is 71.5 Å². The molecule has 1 atom stereocenters. The highest BCUT2D eigenvalue weighted by Crippen LogP contribution is 2.23. The minimum absolute atomic E-state index is 0.0875. The molecule has 0 spiro atoms. The van der Waals surface area contributed by atoms with Crippen LogP contribution in [0.25, 0.3) is 0 Å². The summed E-state index contributed by atoms with van der Waals surface area (Å²) in [4.78, 5) is 31.8. The Morgan fingerprint density at radius 3 is 2.50 bits per heavy atom. The zero-order valence-corrected chi connectivity index (χ0v) is 18.8. The van der Waals surface area contributed by atoms with E-state index in [0.29, 0.717) is 6.54 Å². The van der Waals surface area contributed by atoms with Crippen molar-refractivity contribution in [3.63, 3.8) is 0 Å². The van der Waals surface area contributed by atoms with Crippen molar-refractivity contribution in [2.24, 2.45) is 0 Å². The largest absolute Gasteiger partial charge is 0.444 e. The molecule has 2 aliphatic heterocycles. The van der Waals surface area contributed by atoms with Crippen LogP contribution in [-0.4, -0.2) is 77.6 Å². The summed E-state index contributed by atoms with van der Waals surface area (Å²) < 4.78 is 5.52. The van der Waals surface area contributed by atoms with Crippen molar-refractivity contribution < 1.29 is 14.3 Å². The summed E-state index contributed by atoms with van der Waals surface area (Å²) in [6, 6.07) is 10.2. The van der Waals surface area contributed by atoms with Crippen molar-refractivity contribution in [1.29, 1.82) is 0 Å². The van der Waals surface area contributed by atoms with Gasteiger partial charge in [-0.25, -0.2) is 4.79 Å². The Labute approximate surface area is 181 Å². The molecule has 0 bridgehead atoms. The molecule has 6 nitrogen and oxygen atoms in total. The SMILES string of the molecule is CC(C)(C)OC(=O)N1CCC[C@H]1C(=O)N1CCCN(CCCc2ccccc2)CC1. The molecule has 0 N–H and O–H groups in total. The fraction of sp³-hybridized carbons (Fsp3) is 0.667. The zero-order chi connectivity index (χ0) is 21.6. The average Bonchev–Trinajstić information content (AvgIpc) is 3.07. The maximum atomic E-state index is 13.2. The van der Waals surface area contributed by atoms with Gasteiger partial charge in [0.2, 0.25) is 5.91 Å². The number of ether oxygens (including phenoxy) is 1. The van der Waals surface area contributed by atoms with Crippen LogP contribution in [0.2, 0.25) is 0 Å². The number of hydrogen-bond acceptors (Lipinski definition) is 4. The number of rotatable bonds is 5. The fourth-order valence-corrected chi connectivity index (χ4v) is 4.34. The summed E-state index contributed by atoms with van der Waals surface area (Å²) in [5.74, 6) is 0.0875. The Morgan fingerprint density at radius 1 is 1.00 bits per heavy atom. The van der Waals surface area contributed by atoms with E-state index in [0.717, 1.165) is 64.8 Å². The molecule has 0 radical (unpaired) electrons. The van der Waals surface area contributed by atoms with E-state index >= 15 is 0 Å². The third kappa shape index (κ3) is 6.46. The van der Waals surface area contributed by atoms with Crippen molar-refractivity contribution in [2.75, 3.05) is 39.3 Å². The van der Waals surface area contributed by atoms with Crippen LogP contribution < -0.4 is 0 Å². The Bertz CT molecular complexity index is 701. The molecule has 2 fully saturated rings. The van der Waals surface area contributed by atoms with E-state index < -0.39 is 5.60 Å². The Kier molecular flexibility index (Phi) is 7.75. The van der Waals surface area contributed by atoms with Crippen LogP contribution in [0.3, 0.4) is 0 Å². The van der Waals surface area contributed by atoms with Gasteiger partial charge in [-0.3, -0.25) is 9.69 Å². The standard InChI is InChI=1S/C24H37N3O3/c1-24(2,3)30-23(29)27-17-8-13-21(27)22(28)26-16-9-15-25(18-19-26)14-7-12-20-10-5-4-6-11-20/h4-6,10-11,21H,7-9,12-19H2,1-3H3/t21-/m0/s1. The number of carbonyl (C=O) groups is 2. The molecular weight excluding hydrogens is 378 g/mol. The molecule has 3 rings (SSSR count). The number of likely N-dealkylation sites (tertiary alicyclic amines) is 1. The summed E-state index contributed by atoms with van der Waals surface area (Å²) in [5.41, 5.74) is 0.837. The van der Waals surface area contributed by atoms with Crippen molar-refractivity contribution in [2.45, 2.75) is 64.5 Å². The molecule has 2 amide bonds. The number of carbonyl (C=O) groups excluding carboxylic acids is 2. The lowest BCUT2D eigenvalue weighted by molar-refractivity contribution is -0.135. The number of nitrogens with zero attached hydrogens (tertiary/aromatic N) is 3. The molecular formula is C24H37N3O3. The molecule has 0 unspecified atom stereocenters. The monoisotopic (exact) mass is 415 g/mol. The Morgan fingerprint density at radius 2 is 1.77 bits per heavy atom. The van der Waals surface area contributed by atoms with Gasteiger partial charge in [-0.15, -0.1) is 0 Å². The number of amides is 2. The fourth-order valence-electron chi connectivity index (χ4n) is 4.34. The smallest absolute Gasteiger partial charge is 0.410 e. The summed E-state index contributed by atoms with van der Waals surface area (Å²) in [6.07, 6.45) is 4.43. The third-order valence-corrected chi connectivity index (χ3v) is 5.85. The summed E-state index contributed by atoms with van der Waals surface area (Å²) >= 11 is 0. The topological polar surface area (TPSA) is 53.1 Å². The van der Waals surface area contributed by atoms with Crippen molar-refractivity contribution in [3.05, 3.63) is 35.9 Å². The molecule has 0 aliphatic carbocycles. The highest BCUT2D eigenvalue weighted by molar-refractivity contribution is 5.86. The van der Waals surface area contributed by atoms with Crippen molar-refractivity contribution >= 4 is 12.0 Å². The molecule has 30 heavy (non-hydrogen) atoms. The van der Waals surface area contributed by atoms with Gasteiger partial charge in [0, 0.05) is 26.2 Å². The van der Waals surface area contributed by atoms with E-state index in [1.807, 2.05) is 25.7 Å². The normalized spacial score (nSPS) is 20.8. The van der Waals surface area contributed by atoms with Crippen molar-refractivity contribution in [3.8, 4) is 0 Å². The second-order valence-electron chi connectivity index (χ2n) is 9.44. The average molecular weight is 416 g/mol. The van der Waals surface area contributed by atoms with E-state index in [-0.39, 0.29) is 18.0 Å². The highest BCUT2D eigenvalue weighted by Gasteiger charge is 2.38. The Hall–Kier alpha value is -2.08. The van der Waals surface area contributed by atoms with E-state index in [2.05, 4.69) is 35.2 Å². The minimum atomic E-state index is -0.546. The van der Waals surface area contributed by atoms with Gasteiger partial charge in [-0.1, -0.05) is 30.3 Å². The molecule has 0 saturated carbocycles. The molecule has 1 aromatic carbocycles. The quantitative estimate of drug-likeness (QED) is 0.738. The van der Waals surface area contributed by atoms with Gasteiger partial charge < -0.3 is 14.5 Å². The van der Waals surface area contributed by atoms with E-state index in [9.17, 15) is 9.59 Å². The molecule has 2 saturated heterocycles. The number of benzene rings is 1. The van der Waals surface area contributed by atoms with Crippen LogP contribution in [0.5, 0.6) is 0 Å². The molecule has 2 aliphatic rings. The molecule has 166 valence electrons. The number of aryl methyl sites for hydroxylation is 1. The lowest BCUT2D eigenvalue weighted by Crippen LogP contribution is -2.49. The van der Waals surface area contributed by atoms with Gasteiger partial charge in [0.1, 0.15) is 11.6 Å². The Balaban J connectivity index is 1.48. The van der Waals surface area contributed by atoms with Crippen molar-refractivity contribution in [1.82, 2.24) is 14.7 Å². The van der Waals surface area contributed by atoms with Crippen LogP contribution in [0.4, 0.5) is 4.79 Å². The molecule has 6 heteroatoms. The lowest BCUT2D eigenvalue weighted by Gasteiger charge is -2.31. The van der Waals surface area contributed by atoms with E-state index in [1.54, 1.807) is 4.90 Å². The number of hydrogen-bond donors (Lipinski definition) is 0. The lowest BCUT2D eigenvalue weighted by atomic mass is 10.1. The van der Waals surface area contributed by atoms with Crippen LogP contribution >= 0.6 is 0 Å². The maximum Gasteiger partial charge on any atom is 0.410 e. The van der Waals surface area contributed by atoms with Gasteiger partial charge in [-0.2, -0.15) is 0 Å². The van der Waals surface area contributed by atoms with E-state index in [4.69, 9.17) is 4.74 Å². The van der Waals surface area contributed by atoms with E-state index in [1.165, 1.54) is 5.56 Å². The van der Waals surface area contributed by atoms with Gasteiger partial charge in [0.05, 0.1) is 0 Å². The van der Waals surface area contributed by atoms with Crippen LogP contribution in [0.1, 0.15) is 52.0 Å². The second kappa shape index (κ2) is 10.3. The minimum Gasteiger partial charge on any atom is -0.444 e. The third-order valence-electron chi connectivity index (χ3n) is 5.85. The van der Waals surface area contributed by atoms with Gasteiger partial charge in [0.15, 0.2) is 0 Å². The van der Waals surface area contributed by atoms with Crippen LogP contribution in [-0.2, 0) is 16.0 Å². The molecule has 2 heterocycles. The predicted molar refractivity (Wildman–Crippen MR) is 118 cm³/mol. The van der Waals surface area contributed by atoms with Crippen LogP contribution in [0, 0.1) is 0 Å². The highest BCUT2D eigenvalue weighted by atomic mass is 16.6. The first-order valence-corrected chi connectivity index (χ1v) is 11.4. The first-order chi connectivity index (χ1) is 14.3. The first kappa shape index (κ1) is 22.6. The van der Waals surface area contributed by atoms with Gasteiger partial charge in [0.25, 0.3) is 0 Å². The summed E-state index contributed by atoms with van der Waals surface area (Å²) in [6.45, 7) is 10.7. The van der Waals surface area contributed by atoms with Gasteiger partial charge >= 0.3 is 6.09 Å². The summed E-state index contributed by atoms with van der Waals surface area (Å²) in [7, 11) is 0. The predicted octanol–water partition coefficient (Wildman–Crippen LogP) is 3.55. The molecule has 0 aromatic heterocycles. The van der Waals surface area contributed by atoms with Crippen LogP contribution in [0.15, 0.2) is 30.3 Å². The zero-order valence-electron chi connectivity index (χ0n) is 18.8.